The van der Waals surface area contributed by atoms with Gasteiger partial charge >= 0.3 is 17.9 Å². The lowest BCUT2D eigenvalue weighted by atomic mass is 9.69. The van der Waals surface area contributed by atoms with Gasteiger partial charge in [0.05, 0.1) is 18.7 Å². The number of aliphatic hydroxyl groups is 1. The largest absolute Gasteiger partial charge is 0.478 e. The Morgan fingerprint density at radius 2 is 1.89 bits per heavy atom. The first kappa shape index (κ1) is 25.4. The second-order valence-electron chi connectivity index (χ2n) is 9.23. The fraction of sp³-hybridized carbons (Fsp3) is 0.480. The number of aromatic nitrogens is 1. The quantitative estimate of drug-likeness (QED) is 0.392. The Morgan fingerprint density at radius 1 is 1.20 bits per heavy atom. The van der Waals surface area contributed by atoms with Crippen molar-refractivity contribution in [1.29, 1.82) is 0 Å². The zero-order chi connectivity index (χ0) is 25.5. The number of hydrogen-bond acceptors (Lipinski definition) is 6. The lowest BCUT2D eigenvalue weighted by Crippen LogP contribution is -2.57. The van der Waals surface area contributed by atoms with Gasteiger partial charge in [-0.2, -0.15) is 0 Å². The number of benzene rings is 1. The van der Waals surface area contributed by atoms with Gasteiger partial charge in [-0.15, -0.1) is 0 Å². The van der Waals surface area contributed by atoms with E-state index < -0.39 is 23.6 Å². The topological polar surface area (TPSA) is 129 Å². The van der Waals surface area contributed by atoms with Crippen molar-refractivity contribution in [3.8, 4) is 0 Å². The Morgan fingerprint density at radius 3 is 2.49 bits per heavy atom. The number of carbonyl (C=O) groups is 3. The molecule has 0 amide bonds. The third-order valence-corrected chi connectivity index (χ3v) is 7.99. The molecule has 0 bridgehead atoms. The van der Waals surface area contributed by atoms with Crippen LogP contribution in [-0.4, -0.2) is 62.9 Å². The summed E-state index contributed by atoms with van der Waals surface area (Å²) >= 11 is 3.56. The van der Waals surface area contributed by atoms with E-state index in [4.69, 9.17) is 14.9 Å². The fourth-order valence-corrected chi connectivity index (χ4v) is 6.45. The predicted octanol–water partition coefficient (Wildman–Crippen LogP) is 3.28. The van der Waals surface area contributed by atoms with Gasteiger partial charge in [0.25, 0.3) is 0 Å². The van der Waals surface area contributed by atoms with Crippen molar-refractivity contribution in [2.45, 2.75) is 44.4 Å². The van der Waals surface area contributed by atoms with Crippen LogP contribution >= 0.6 is 15.9 Å². The fourth-order valence-electron chi connectivity index (χ4n) is 6.10. The van der Waals surface area contributed by atoms with Gasteiger partial charge in [-0.25, -0.2) is 14.4 Å². The van der Waals surface area contributed by atoms with Crippen molar-refractivity contribution in [3.63, 3.8) is 0 Å². The molecule has 0 spiro atoms. The minimum Gasteiger partial charge on any atom is -0.478 e. The molecule has 1 aromatic carbocycles. The van der Waals surface area contributed by atoms with Crippen molar-refractivity contribution in [1.82, 2.24) is 9.47 Å². The molecule has 4 heterocycles. The number of nitrogens with zero attached hydrogens (tertiary/aromatic N) is 2. The number of esters is 1. The van der Waals surface area contributed by atoms with E-state index in [9.17, 15) is 19.5 Å². The number of fused-ring (bicyclic) bond motifs is 3. The molecule has 9 nitrogen and oxygen atoms in total. The average molecular weight is 549 g/mol. The van der Waals surface area contributed by atoms with Crippen molar-refractivity contribution in [2.24, 2.45) is 11.8 Å². The van der Waals surface area contributed by atoms with Crippen LogP contribution in [0.25, 0.3) is 10.9 Å². The Kier molecular flexibility index (Phi) is 7.08. The third kappa shape index (κ3) is 4.39. The number of carboxylic acid groups (broad SMARTS) is 2. The van der Waals surface area contributed by atoms with Crippen LogP contribution in [0.1, 0.15) is 43.5 Å². The predicted molar refractivity (Wildman–Crippen MR) is 131 cm³/mol. The van der Waals surface area contributed by atoms with Crippen LogP contribution in [-0.2, 0) is 31.3 Å². The average Bonchev–Trinajstić information content (AvgIpc) is 3.16. The van der Waals surface area contributed by atoms with Crippen LogP contribution in [0.15, 0.2) is 34.8 Å². The summed E-state index contributed by atoms with van der Waals surface area (Å²) in [5, 5.41) is 28.5. The first-order valence-corrected chi connectivity index (χ1v) is 12.4. The zero-order valence-corrected chi connectivity index (χ0v) is 21.2. The molecule has 1 unspecified atom stereocenters. The summed E-state index contributed by atoms with van der Waals surface area (Å²) in [6.45, 7) is 4.37. The van der Waals surface area contributed by atoms with Gasteiger partial charge < -0.3 is 24.6 Å². The standard InChI is InChI=1S/C21H25BrN2O3.C4H4O4/c1-3-12-6-8-23-9-7-15-14-5-4-13(22)10-17(14)24-19(15)18(23)16(12)11-21(24,26)20(25)27-2;5-3(6)1-2-4(7)8/h4-5,10,12,16,18,26H,3,6-9,11H2,1-2H3;1-2H,(H,5,6)(H,7,8)/b;2-1+/t12-,16?,18-,21-;/m0./s1. The molecule has 3 aliphatic heterocycles. The SMILES string of the molecule is CC[C@H]1CCN2CCc3c4n(c5cc(Br)ccc35)[C@@](O)(C(=O)OC)CC1[C@@H]42.O=C(O)/C=C/C(=O)O. The smallest absolute Gasteiger partial charge is 0.359 e. The molecule has 10 heteroatoms. The molecule has 5 rings (SSSR count). The molecule has 188 valence electrons. The molecule has 1 aromatic heterocycles. The minimum absolute atomic E-state index is 0.271. The summed E-state index contributed by atoms with van der Waals surface area (Å²) < 4.78 is 7.95. The van der Waals surface area contributed by atoms with Crippen LogP contribution in [0, 0.1) is 11.8 Å². The lowest BCUT2D eigenvalue weighted by Gasteiger charge is -2.53. The number of carboxylic acids is 2. The van der Waals surface area contributed by atoms with Gasteiger partial charge in [-0.1, -0.05) is 35.3 Å². The van der Waals surface area contributed by atoms with E-state index in [1.54, 1.807) is 0 Å². The molecule has 1 saturated heterocycles. The maximum atomic E-state index is 12.8. The van der Waals surface area contributed by atoms with E-state index in [1.165, 1.54) is 12.7 Å². The number of ether oxygens (including phenoxy) is 1. The van der Waals surface area contributed by atoms with E-state index in [2.05, 4.69) is 33.8 Å². The van der Waals surface area contributed by atoms with E-state index in [-0.39, 0.29) is 12.0 Å². The molecule has 3 aliphatic rings. The highest BCUT2D eigenvalue weighted by molar-refractivity contribution is 9.10. The van der Waals surface area contributed by atoms with Gasteiger partial charge in [0.15, 0.2) is 0 Å². The Bertz CT molecular complexity index is 1190. The van der Waals surface area contributed by atoms with Crippen molar-refractivity contribution in [3.05, 3.63) is 46.1 Å². The van der Waals surface area contributed by atoms with Crippen LogP contribution < -0.4 is 0 Å². The van der Waals surface area contributed by atoms with Gasteiger partial charge in [0.1, 0.15) is 0 Å². The minimum atomic E-state index is -1.64. The second kappa shape index (κ2) is 9.75. The highest BCUT2D eigenvalue weighted by atomic mass is 79.9. The lowest BCUT2D eigenvalue weighted by molar-refractivity contribution is -0.186. The molecule has 0 saturated carbocycles. The molecular formula is C25H29BrN2O7. The normalized spacial score (nSPS) is 27.1. The summed E-state index contributed by atoms with van der Waals surface area (Å²) in [7, 11) is 1.37. The Labute approximate surface area is 211 Å². The number of halogens is 1. The molecule has 4 atom stereocenters. The van der Waals surface area contributed by atoms with Gasteiger partial charge in [0, 0.05) is 40.7 Å². The molecule has 0 aliphatic carbocycles. The monoisotopic (exact) mass is 548 g/mol. The van der Waals surface area contributed by atoms with Crippen LogP contribution in [0.2, 0.25) is 0 Å². The van der Waals surface area contributed by atoms with Gasteiger partial charge in [-0.05, 0) is 48.9 Å². The maximum Gasteiger partial charge on any atom is 0.359 e. The number of rotatable bonds is 4. The van der Waals surface area contributed by atoms with Gasteiger partial charge in [-0.3, -0.25) is 4.90 Å². The zero-order valence-electron chi connectivity index (χ0n) is 19.6. The molecule has 3 N–H and O–H groups in total. The summed E-state index contributed by atoms with van der Waals surface area (Å²) in [5.74, 6) is -2.28. The molecule has 1 fully saturated rings. The third-order valence-electron chi connectivity index (χ3n) is 7.49. The number of methoxy groups -OCH3 is 1. The summed E-state index contributed by atoms with van der Waals surface area (Å²) in [4.78, 5) is 34.5. The van der Waals surface area contributed by atoms with E-state index in [0.717, 1.165) is 53.4 Å². The number of hydrogen-bond donors (Lipinski definition) is 3. The number of aliphatic carboxylic acids is 2. The molecular weight excluding hydrogens is 520 g/mol. The van der Waals surface area contributed by atoms with Crippen LogP contribution in [0.3, 0.4) is 0 Å². The van der Waals surface area contributed by atoms with Crippen LogP contribution in [0.4, 0.5) is 0 Å². The van der Waals surface area contributed by atoms with Crippen molar-refractivity contribution in [2.75, 3.05) is 20.2 Å². The van der Waals surface area contributed by atoms with E-state index in [1.807, 2.05) is 16.7 Å². The molecule has 35 heavy (non-hydrogen) atoms. The van der Waals surface area contributed by atoms with E-state index >= 15 is 0 Å². The molecule has 2 aromatic rings. The van der Waals surface area contributed by atoms with Gasteiger partial charge in [0.2, 0.25) is 5.72 Å². The second-order valence-corrected chi connectivity index (χ2v) is 10.2. The first-order chi connectivity index (χ1) is 16.6. The van der Waals surface area contributed by atoms with Crippen LogP contribution in [0.5, 0.6) is 0 Å². The highest BCUT2D eigenvalue weighted by Gasteiger charge is 2.56. The number of piperidine rings is 1. The maximum absolute atomic E-state index is 12.8. The van der Waals surface area contributed by atoms with Crippen molar-refractivity contribution >= 4 is 44.7 Å². The summed E-state index contributed by atoms with van der Waals surface area (Å²) in [6, 6.07) is 6.46. The summed E-state index contributed by atoms with van der Waals surface area (Å²) in [5.41, 5.74) is 1.71. The summed E-state index contributed by atoms with van der Waals surface area (Å²) in [6.07, 6.45) is 4.70. The Hall–Kier alpha value is -2.69. The van der Waals surface area contributed by atoms with Crippen molar-refractivity contribution < 1.29 is 34.4 Å². The number of carbonyl (C=O) groups excluding carboxylic acids is 1. The molecule has 0 radical (unpaired) electrons. The Balaban J connectivity index is 0.000000314. The first-order valence-electron chi connectivity index (χ1n) is 11.6. The highest BCUT2D eigenvalue weighted by Crippen LogP contribution is 2.55. The van der Waals surface area contributed by atoms with E-state index in [0.29, 0.717) is 24.5 Å².